The number of aromatic nitrogens is 3. The molecule has 0 bridgehead atoms. The van der Waals surface area contributed by atoms with E-state index in [9.17, 15) is 4.79 Å². The van der Waals surface area contributed by atoms with Crippen molar-refractivity contribution >= 4 is 28.3 Å². The highest BCUT2D eigenvalue weighted by Crippen LogP contribution is 2.34. The van der Waals surface area contributed by atoms with Gasteiger partial charge in [-0.05, 0) is 31.9 Å². The van der Waals surface area contributed by atoms with E-state index >= 15 is 0 Å². The first kappa shape index (κ1) is 14.8. The highest BCUT2D eigenvalue weighted by Gasteiger charge is 2.44. The van der Waals surface area contributed by atoms with Crippen molar-refractivity contribution in [2.24, 2.45) is 0 Å². The number of fused-ring (bicyclic) bond motifs is 1. The zero-order valence-corrected chi connectivity index (χ0v) is 13.9. The van der Waals surface area contributed by atoms with E-state index in [1.54, 1.807) is 5.51 Å². The van der Waals surface area contributed by atoms with Crippen LogP contribution in [0.3, 0.4) is 0 Å². The lowest BCUT2D eigenvalue weighted by Gasteiger charge is -2.12. The summed E-state index contributed by atoms with van der Waals surface area (Å²) in [7, 11) is 0. The molecule has 24 heavy (non-hydrogen) atoms. The molecule has 0 aliphatic heterocycles. The minimum Gasteiger partial charge on any atom is -0.336 e. The molecule has 1 aliphatic rings. The topological polar surface area (TPSA) is 83.6 Å². The number of imidazole rings is 1. The molecule has 0 spiro atoms. The van der Waals surface area contributed by atoms with Crippen molar-refractivity contribution in [2.45, 2.75) is 31.8 Å². The van der Waals surface area contributed by atoms with Crippen LogP contribution in [-0.2, 0) is 11.3 Å². The van der Waals surface area contributed by atoms with Gasteiger partial charge in [0.25, 0.3) is 0 Å². The SMILES string of the molecule is Cc1ncsc1-c1nc2ccccc2n1CC(=O)NC1(C#N)CC1. The number of thiazole rings is 1. The van der Waals surface area contributed by atoms with Gasteiger partial charge in [-0.3, -0.25) is 4.79 Å². The first-order valence-electron chi connectivity index (χ1n) is 7.70. The van der Waals surface area contributed by atoms with Gasteiger partial charge in [0.15, 0.2) is 5.82 Å². The second-order valence-electron chi connectivity index (χ2n) is 6.02. The van der Waals surface area contributed by atoms with Crippen molar-refractivity contribution < 1.29 is 4.79 Å². The Hall–Kier alpha value is -2.72. The average Bonchev–Trinajstić information content (AvgIpc) is 3.07. The number of hydrogen-bond donors (Lipinski definition) is 1. The maximum absolute atomic E-state index is 12.5. The highest BCUT2D eigenvalue weighted by atomic mass is 32.1. The van der Waals surface area contributed by atoms with Crippen LogP contribution in [0, 0.1) is 18.3 Å². The van der Waals surface area contributed by atoms with E-state index in [1.807, 2.05) is 35.8 Å². The number of nitrogens with zero attached hydrogens (tertiary/aromatic N) is 4. The standard InChI is InChI=1S/C17H15N5OS/c1-11-15(24-10-19-11)16-20-12-4-2-3-5-13(12)22(16)8-14(23)21-17(9-18)6-7-17/h2-5,10H,6-8H2,1H3,(H,21,23). The third-order valence-corrected chi connectivity index (χ3v) is 5.17. The highest BCUT2D eigenvalue weighted by molar-refractivity contribution is 7.13. The maximum Gasteiger partial charge on any atom is 0.241 e. The van der Waals surface area contributed by atoms with Crippen LogP contribution in [0.15, 0.2) is 29.8 Å². The van der Waals surface area contributed by atoms with Crippen LogP contribution in [-0.4, -0.2) is 26.0 Å². The molecule has 1 saturated carbocycles. The quantitative estimate of drug-likeness (QED) is 0.793. The molecule has 0 unspecified atom stereocenters. The van der Waals surface area contributed by atoms with Crippen LogP contribution in [0.25, 0.3) is 21.7 Å². The molecule has 1 aromatic carbocycles. The van der Waals surface area contributed by atoms with Gasteiger partial charge < -0.3 is 9.88 Å². The minimum atomic E-state index is -0.659. The van der Waals surface area contributed by atoms with E-state index in [0.29, 0.717) is 0 Å². The molecule has 2 heterocycles. The van der Waals surface area contributed by atoms with Gasteiger partial charge in [-0.15, -0.1) is 11.3 Å². The largest absolute Gasteiger partial charge is 0.336 e. The molecule has 2 aromatic heterocycles. The van der Waals surface area contributed by atoms with Gasteiger partial charge in [0.1, 0.15) is 12.1 Å². The van der Waals surface area contributed by atoms with E-state index < -0.39 is 5.54 Å². The Bertz CT molecular complexity index is 976. The Morgan fingerprint density at radius 2 is 2.25 bits per heavy atom. The molecule has 1 N–H and O–H groups in total. The number of carbonyl (C=O) groups is 1. The molecule has 0 saturated heterocycles. The Morgan fingerprint density at radius 1 is 1.46 bits per heavy atom. The Morgan fingerprint density at radius 3 is 2.92 bits per heavy atom. The second-order valence-corrected chi connectivity index (χ2v) is 6.87. The number of carbonyl (C=O) groups excluding carboxylic acids is 1. The van der Waals surface area contributed by atoms with Gasteiger partial charge in [0, 0.05) is 0 Å². The summed E-state index contributed by atoms with van der Waals surface area (Å²) in [6, 6.07) is 9.93. The van der Waals surface area contributed by atoms with Crippen molar-refractivity contribution in [2.75, 3.05) is 0 Å². The van der Waals surface area contributed by atoms with Crippen LogP contribution in [0.5, 0.6) is 0 Å². The lowest BCUT2D eigenvalue weighted by atomic mass is 10.3. The van der Waals surface area contributed by atoms with Gasteiger partial charge in [-0.2, -0.15) is 5.26 Å². The lowest BCUT2D eigenvalue weighted by Crippen LogP contribution is -2.37. The monoisotopic (exact) mass is 337 g/mol. The third-order valence-electron chi connectivity index (χ3n) is 4.25. The molecule has 0 atom stereocenters. The Labute approximate surface area is 142 Å². The summed E-state index contributed by atoms with van der Waals surface area (Å²) in [5.41, 5.74) is 3.76. The maximum atomic E-state index is 12.5. The molecule has 1 amide bonds. The predicted octanol–water partition coefficient (Wildman–Crippen LogP) is 2.64. The van der Waals surface area contributed by atoms with Gasteiger partial charge >= 0.3 is 0 Å². The fourth-order valence-corrected chi connectivity index (χ4v) is 3.57. The summed E-state index contributed by atoms with van der Waals surface area (Å²) in [6.45, 7) is 2.07. The van der Waals surface area contributed by atoms with Crippen LogP contribution in [0.1, 0.15) is 18.5 Å². The van der Waals surface area contributed by atoms with E-state index in [2.05, 4.69) is 21.4 Å². The van der Waals surface area contributed by atoms with Crippen molar-refractivity contribution in [3.8, 4) is 16.8 Å². The molecule has 1 aliphatic carbocycles. The van der Waals surface area contributed by atoms with Crippen LogP contribution in [0.4, 0.5) is 0 Å². The van der Waals surface area contributed by atoms with Crippen LogP contribution in [0.2, 0.25) is 0 Å². The normalized spacial score (nSPS) is 15.2. The zero-order chi connectivity index (χ0) is 16.7. The summed E-state index contributed by atoms with van der Waals surface area (Å²) in [4.78, 5) is 22.4. The first-order chi connectivity index (χ1) is 11.6. The van der Waals surface area contributed by atoms with Crippen molar-refractivity contribution in [3.05, 3.63) is 35.5 Å². The predicted molar refractivity (Wildman–Crippen MR) is 91.3 cm³/mol. The smallest absolute Gasteiger partial charge is 0.241 e. The number of hydrogen-bond acceptors (Lipinski definition) is 5. The summed E-state index contributed by atoms with van der Waals surface area (Å²) >= 11 is 1.51. The van der Waals surface area contributed by atoms with Gasteiger partial charge in [0.05, 0.1) is 33.2 Å². The Balaban J connectivity index is 1.74. The second kappa shape index (κ2) is 5.42. The minimum absolute atomic E-state index is 0.136. The number of amides is 1. The van der Waals surface area contributed by atoms with Gasteiger partial charge in [0.2, 0.25) is 5.91 Å². The summed E-state index contributed by atoms with van der Waals surface area (Å²) in [5.74, 6) is 0.578. The lowest BCUT2D eigenvalue weighted by molar-refractivity contribution is -0.122. The van der Waals surface area contributed by atoms with Crippen molar-refractivity contribution in [1.82, 2.24) is 19.9 Å². The van der Waals surface area contributed by atoms with E-state index in [-0.39, 0.29) is 12.5 Å². The number of rotatable bonds is 4. The molecule has 120 valence electrons. The number of aryl methyl sites for hydroxylation is 1. The van der Waals surface area contributed by atoms with Crippen LogP contribution < -0.4 is 5.32 Å². The van der Waals surface area contributed by atoms with E-state index in [4.69, 9.17) is 5.26 Å². The Kier molecular flexibility index (Phi) is 3.36. The van der Waals surface area contributed by atoms with Gasteiger partial charge in [-0.1, -0.05) is 12.1 Å². The van der Waals surface area contributed by atoms with Crippen molar-refractivity contribution in [1.29, 1.82) is 5.26 Å². The molecule has 6 nitrogen and oxygen atoms in total. The fourth-order valence-electron chi connectivity index (χ4n) is 2.77. The molecule has 0 radical (unpaired) electrons. The van der Waals surface area contributed by atoms with E-state index in [1.165, 1.54) is 11.3 Å². The summed E-state index contributed by atoms with van der Waals surface area (Å²) in [6.07, 6.45) is 1.45. The molecule has 7 heteroatoms. The summed E-state index contributed by atoms with van der Waals surface area (Å²) in [5, 5.41) is 12.0. The number of nitriles is 1. The zero-order valence-electron chi connectivity index (χ0n) is 13.1. The molecule has 4 rings (SSSR count). The van der Waals surface area contributed by atoms with Crippen molar-refractivity contribution in [3.63, 3.8) is 0 Å². The van der Waals surface area contributed by atoms with E-state index in [0.717, 1.165) is 40.3 Å². The first-order valence-corrected chi connectivity index (χ1v) is 8.58. The van der Waals surface area contributed by atoms with Crippen LogP contribution >= 0.6 is 11.3 Å². The summed E-state index contributed by atoms with van der Waals surface area (Å²) < 4.78 is 1.90. The third kappa shape index (κ3) is 2.45. The number of nitrogens with one attached hydrogen (secondary N) is 1. The number of para-hydroxylation sites is 2. The molecule has 3 aromatic rings. The molecule has 1 fully saturated rings. The number of benzene rings is 1. The molecular weight excluding hydrogens is 322 g/mol. The average molecular weight is 337 g/mol. The van der Waals surface area contributed by atoms with Gasteiger partial charge in [-0.25, -0.2) is 9.97 Å². The fraction of sp³-hybridized carbons (Fsp3) is 0.294. The molecular formula is C17H15N5OS.